The first-order valence-electron chi connectivity index (χ1n) is 4.70. The lowest BCUT2D eigenvalue weighted by Gasteiger charge is -1.96. The van der Waals surface area contributed by atoms with E-state index >= 15 is 0 Å². The van der Waals surface area contributed by atoms with E-state index in [1.807, 2.05) is 0 Å². The van der Waals surface area contributed by atoms with Crippen LogP contribution in [0.1, 0.15) is 23.2 Å². The van der Waals surface area contributed by atoms with Crippen LogP contribution in [0.2, 0.25) is 0 Å². The topological polar surface area (TPSA) is 87.7 Å². The Balaban J connectivity index is 2.10. The fourth-order valence-electron chi connectivity index (χ4n) is 1.12. The molecule has 0 aliphatic rings. The van der Waals surface area contributed by atoms with Crippen LogP contribution in [-0.2, 0) is 0 Å². The van der Waals surface area contributed by atoms with Gasteiger partial charge >= 0.3 is 0 Å². The Kier molecular flexibility index (Phi) is 3.20. The summed E-state index contributed by atoms with van der Waals surface area (Å²) in [5.41, 5.74) is 0.909. The average molecular weight is 251 g/mol. The highest BCUT2D eigenvalue weighted by molar-refractivity contribution is 7.14. The number of hydrogen-bond donors (Lipinski definition) is 2. The van der Waals surface area contributed by atoms with Gasteiger partial charge in [0.15, 0.2) is 10.9 Å². The fourth-order valence-corrected chi connectivity index (χ4v) is 1.86. The van der Waals surface area contributed by atoms with Crippen molar-refractivity contribution in [1.29, 1.82) is 0 Å². The van der Waals surface area contributed by atoms with Crippen LogP contribution >= 0.6 is 11.3 Å². The molecule has 0 aliphatic heterocycles. The SMILES string of the molecule is CC(=NO)c1csc(NC(=O)c2ccco2)n1. The lowest BCUT2D eigenvalue weighted by atomic mass is 10.3. The van der Waals surface area contributed by atoms with E-state index < -0.39 is 0 Å². The van der Waals surface area contributed by atoms with Crippen molar-refractivity contribution in [3.05, 3.63) is 35.2 Å². The molecule has 2 rings (SSSR count). The van der Waals surface area contributed by atoms with E-state index in [-0.39, 0.29) is 11.7 Å². The van der Waals surface area contributed by atoms with Crippen molar-refractivity contribution in [1.82, 2.24) is 4.98 Å². The number of furan rings is 1. The van der Waals surface area contributed by atoms with Gasteiger partial charge < -0.3 is 9.62 Å². The monoisotopic (exact) mass is 251 g/mol. The summed E-state index contributed by atoms with van der Waals surface area (Å²) in [7, 11) is 0. The summed E-state index contributed by atoms with van der Waals surface area (Å²) in [5, 5.41) is 16.3. The second-order valence-electron chi connectivity index (χ2n) is 3.15. The molecular weight excluding hydrogens is 242 g/mol. The number of anilines is 1. The van der Waals surface area contributed by atoms with Gasteiger partial charge in [0.05, 0.1) is 6.26 Å². The van der Waals surface area contributed by atoms with Crippen LogP contribution < -0.4 is 5.32 Å². The highest BCUT2D eigenvalue weighted by Gasteiger charge is 2.12. The van der Waals surface area contributed by atoms with Gasteiger partial charge in [0.2, 0.25) is 0 Å². The molecule has 17 heavy (non-hydrogen) atoms. The lowest BCUT2D eigenvalue weighted by molar-refractivity contribution is 0.0996. The van der Waals surface area contributed by atoms with E-state index in [1.54, 1.807) is 24.4 Å². The summed E-state index contributed by atoms with van der Waals surface area (Å²) in [6.45, 7) is 1.62. The third-order valence-corrected chi connectivity index (χ3v) is 2.75. The Labute approximate surface area is 101 Å². The Morgan fingerprint density at radius 3 is 3.12 bits per heavy atom. The van der Waals surface area contributed by atoms with Gasteiger partial charge in [-0.1, -0.05) is 5.16 Å². The molecule has 0 atom stereocenters. The van der Waals surface area contributed by atoms with E-state index in [4.69, 9.17) is 9.62 Å². The molecular formula is C10H9N3O3S. The third kappa shape index (κ3) is 2.51. The van der Waals surface area contributed by atoms with Gasteiger partial charge in [0, 0.05) is 5.38 Å². The number of nitrogens with one attached hydrogen (secondary N) is 1. The van der Waals surface area contributed by atoms with Crippen LogP contribution in [0.25, 0.3) is 0 Å². The van der Waals surface area contributed by atoms with Gasteiger partial charge in [-0.3, -0.25) is 10.1 Å². The summed E-state index contributed by atoms with van der Waals surface area (Å²) in [4.78, 5) is 15.7. The molecule has 2 aromatic heterocycles. The molecule has 0 aliphatic carbocycles. The van der Waals surface area contributed by atoms with Gasteiger partial charge in [-0.05, 0) is 19.1 Å². The van der Waals surface area contributed by atoms with E-state index in [0.29, 0.717) is 16.5 Å². The maximum absolute atomic E-state index is 11.6. The van der Waals surface area contributed by atoms with Crippen molar-refractivity contribution in [2.75, 3.05) is 5.32 Å². The summed E-state index contributed by atoms with van der Waals surface area (Å²) in [5.74, 6) is -0.149. The van der Waals surface area contributed by atoms with Crippen molar-refractivity contribution in [3.8, 4) is 0 Å². The molecule has 6 nitrogen and oxygen atoms in total. The molecule has 2 heterocycles. The van der Waals surface area contributed by atoms with Crippen LogP contribution in [0.4, 0.5) is 5.13 Å². The third-order valence-electron chi connectivity index (χ3n) is 1.99. The Morgan fingerprint density at radius 1 is 1.65 bits per heavy atom. The quantitative estimate of drug-likeness (QED) is 0.497. The zero-order chi connectivity index (χ0) is 12.3. The molecule has 2 N–H and O–H groups in total. The zero-order valence-electron chi connectivity index (χ0n) is 8.88. The van der Waals surface area contributed by atoms with Gasteiger partial charge in [0.25, 0.3) is 5.91 Å². The number of aromatic nitrogens is 1. The van der Waals surface area contributed by atoms with E-state index in [9.17, 15) is 4.79 Å². The minimum absolute atomic E-state index is 0.217. The minimum Gasteiger partial charge on any atom is -0.459 e. The normalized spacial score (nSPS) is 11.5. The fraction of sp³-hybridized carbons (Fsp3) is 0.100. The van der Waals surface area contributed by atoms with Crippen molar-refractivity contribution in [2.24, 2.45) is 5.16 Å². The van der Waals surface area contributed by atoms with Crippen LogP contribution in [0, 0.1) is 0 Å². The molecule has 0 spiro atoms. The van der Waals surface area contributed by atoms with Crippen molar-refractivity contribution < 1.29 is 14.4 Å². The average Bonchev–Trinajstić information content (AvgIpc) is 2.98. The van der Waals surface area contributed by atoms with Gasteiger partial charge in [-0.15, -0.1) is 11.3 Å². The second kappa shape index (κ2) is 4.79. The Bertz CT molecular complexity index is 545. The largest absolute Gasteiger partial charge is 0.459 e. The Morgan fingerprint density at radius 2 is 2.47 bits per heavy atom. The molecule has 0 saturated heterocycles. The first-order valence-corrected chi connectivity index (χ1v) is 5.58. The van der Waals surface area contributed by atoms with Crippen LogP contribution in [-0.4, -0.2) is 21.8 Å². The second-order valence-corrected chi connectivity index (χ2v) is 4.01. The smallest absolute Gasteiger partial charge is 0.293 e. The number of oxime groups is 1. The molecule has 1 amide bonds. The van der Waals surface area contributed by atoms with Gasteiger partial charge in [-0.2, -0.15) is 0 Å². The number of carbonyl (C=O) groups is 1. The van der Waals surface area contributed by atoms with Gasteiger partial charge in [-0.25, -0.2) is 4.98 Å². The van der Waals surface area contributed by atoms with Crippen molar-refractivity contribution in [3.63, 3.8) is 0 Å². The Hall–Kier alpha value is -2.15. The molecule has 0 bridgehead atoms. The highest BCUT2D eigenvalue weighted by atomic mass is 32.1. The van der Waals surface area contributed by atoms with E-state index in [1.165, 1.54) is 17.6 Å². The lowest BCUT2D eigenvalue weighted by Crippen LogP contribution is -2.10. The van der Waals surface area contributed by atoms with Crippen LogP contribution in [0.15, 0.2) is 33.3 Å². The van der Waals surface area contributed by atoms with Crippen LogP contribution in [0.3, 0.4) is 0 Å². The molecule has 0 radical (unpaired) electrons. The van der Waals surface area contributed by atoms with E-state index in [0.717, 1.165) is 0 Å². The predicted molar refractivity (Wildman–Crippen MR) is 62.8 cm³/mol. The molecule has 0 unspecified atom stereocenters. The summed E-state index contributed by atoms with van der Waals surface area (Å²) < 4.78 is 4.94. The molecule has 0 fully saturated rings. The summed E-state index contributed by atoms with van der Waals surface area (Å²) >= 11 is 1.24. The number of hydrogen-bond acceptors (Lipinski definition) is 6. The number of rotatable bonds is 3. The minimum atomic E-state index is -0.366. The molecule has 0 aromatic carbocycles. The number of amides is 1. The maximum Gasteiger partial charge on any atom is 0.293 e. The first-order chi connectivity index (χ1) is 8.20. The molecule has 88 valence electrons. The maximum atomic E-state index is 11.6. The van der Waals surface area contributed by atoms with Crippen molar-refractivity contribution >= 4 is 28.1 Å². The standard InChI is InChI=1S/C10H9N3O3S/c1-6(13-15)7-5-17-10(11-7)12-9(14)8-3-2-4-16-8/h2-5,15H,1H3,(H,11,12,14). The van der Waals surface area contributed by atoms with Crippen LogP contribution in [0.5, 0.6) is 0 Å². The zero-order valence-corrected chi connectivity index (χ0v) is 9.69. The summed E-state index contributed by atoms with van der Waals surface area (Å²) in [6, 6.07) is 3.19. The summed E-state index contributed by atoms with van der Waals surface area (Å²) in [6.07, 6.45) is 1.42. The molecule has 0 saturated carbocycles. The number of nitrogens with zero attached hydrogens (tertiary/aromatic N) is 2. The molecule has 7 heteroatoms. The number of carbonyl (C=O) groups excluding carboxylic acids is 1. The molecule has 2 aromatic rings. The van der Waals surface area contributed by atoms with Crippen molar-refractivity contribution in [2.45, 2.75) is 6.92 Å². The number of thiazole rings is 1. The first kappa shape index (κ1) is 11.3. The van der Waals surface area contributed by atoms with Gasteiger partial charge in [0.1, 0.15) is 11.4 Å². The predicted octanol–water partition coefficient (Wildman–Crippen LogP) is 2.19. The highest BCUT2D eigenvalue weighted by Crippen LogP contribution is 2.17. The van der Waals surface area contributed by atoms with E-state index in [2.05, 4.69) is 15.5 Å².